The molecule has 3 heteroatoms. The third kappa shape index (κ3) is 2.55. The molecular weight excluding hydrogens is 264 g/mol. The first kappa shape index (κ1) is 13.5. The Kier molecular flexibility index (Phi) is 3.97. The molecule has 0 radical (unpaired) electrons. The van der Waals surface area contributed by atoms with Gasteiger partial charge in [0.2, 0.25) is 0 Å². The zero-order valence-electron chi connectivity index (χ0n) is 12.0. The lowest BCUT2D eigenvalue weighted by Crippen LogP contribution is -2.32. The first-order valence-corrected chi connectivity index (χ1v) is 8.19. The summed E-state index contributed by atoms with van der Waals surface area (Å²) in [5.41, 5.74) is 3.91. The van der Waals surface area contributed by atoms with E-state index in [-0.39, 0.29) is 0 Å². The Hall–Kier alpha value is -1.48. The SMILES string of the molecule is CCC(C)c1ccc(C2=CC=CN3CCSN=C23)cc1. The average Bonchev–Trinajstić information content (AvgIpc) is 2.54. The van der Waals surface area contributed by atoms with Crippen LogP contribution in [0.4, 0.5) is 0 Å². The fourth-order valence-electron chi connectivity index (χ4n) is 2.52. The summed E-state index contributed by atoms with van der Waals surface area (Å²) in [6.07, 6.45) is 7.59. The highest BCUT2D eigenvalue weighted by molar-refractivity contribution is 7.98. The molecule has 0 saturated carbocycles. The molecule has 0 fully saturated rings. The predicted octanol–water partition coefficient (Wildman–Crippen LogP) is 4.47. The van der Waals surface area contributed by atoms with E-state index in [0.717, 1.165) is 18.1 Å². The smallest absolute Gasteiger partial charge is 0.148 e. The molecule has 2 aliphatic rings. The number of amidine groups is 1. The number of fused-ring (bicyclic) bond motifs is 1. The second-order valence-electron chi connectivity index (χ2n) is 5.29. The zero-order chi connectivity index (χ0) is 13.9. The fraction of sp³-hybridized carbons (Fsp3) is 0.353. The third-order valence-corrected chi connectivity index (χ3v) is 4.69. The molecule has 3 rings (SSSR count). The maximum absolute atomic E-state index is 4.62. The summed E-state index contributed by atoms with van der Waals surface area (Å²) in [5, 5.41) is 0. The maximum Gasteiger partial charge on any atom is 0.148 e. The number of rotatable bonds is 3. The lowest BCUT2D eigenvalue weighted by molar-refractivity contribution is 0.594. The van der Waals surface area contributed by atoms with Crippen molar-refractivity contribution in [1.29, 1.82) is 0 Å². The predicted molar refractivity (Wildman–Crippen MR) is 88.9 cm³/mol. The minimum Gasteiger partial charge on any atom is -0.331 e. The summed E-state index contributed by atoms with van der Waals surface area (Å²) < 4.78 is 4.62. The van der Waals surface area contributed by atoms with Gasteiger partial charge in [-0.05, 0) is 47.6 Å². The molecule has 0 aliphatic carbocycles. The van der Waals surface area contributed by atoms with E-state index >= 15 is 0 Å². The van der Waals surface area contributed by atoms with E-state index in [9.17, 15) is 0 Å². The Labute approximate surface area is 125 Å². The Bertz CT molecular complexity index is 569. The Morgan fingerprint density at radius 1 is 1.30 bits per heavy atom. The monoisotopic (exact) mass is 284 g/mol. The molecule has 2 nitrogen and oxygen atoms in total. The van der Waals surface area contributed by atoms with Crippen molar-refractivity contribution in [3.05, 3.63) is 53.7 Å². The van der Waals surface area contributed by atoms with Gasteiger partial charge >= 0.3 is 0 Å². The highest BCUT2D eigenvalue weighted by Crippen LogP contribution is 2.28. The largest absolute Gasteiger partial charge is 0.331 e. The van der Waals surface area contributed by atoms with Crippen LogP contribution in [-0.4, -0.2) is 23.0 Å². The minimum atomic E-state index is 0.628. The van der Waals surface area contributed by atoms with Crippen molar-refractivity contribution < 1.29 is 0 Å². The number of allylic oxidation sites excluding steroid dienone is 2. The van der Waals surface area contributed by atoms with Crippen LogP contribution in [-0.2, 0) is 0 Å². The molecule has 0 bridgehead atoms. The molecule has 0 spiro atoms. The lowest BCUT2D eigenvalue weighted by atomic mass is 9.95. The summed E-state index contributed by atoms with van der Waals surface area (Å²) in [6.45, 7) is 5.56. The summed E-state index contributed by atoms with van der Waals surface area (Å²) in [5.74, 6) is 2.79. The van der Waals surface area contributed by atoms with E-state index in [0.29, 0.717) is 5.92 Å². The first-order valence-electron chi connectivity index (χ1n) is 7.25. The summed E-state index contributed by atoms with van der Waals surface area (Å²) in [4.78, 5) is 2.24. The first-order chi connectivity index (χ1) is 9.79. The van der Waals surface area contributed by atoms with Crippen LogP contribution in [0.1, 0.15) is 37.3 Å². The highest BCUT2D eigenvalue weighted by atomic mass is 32.2. The van der Waals surface area contributed by atoms with E-state index in [1.807, 2.05) is 0 Å². The van der Waals surface area contributed by atoms with E-state index in [1.54, 1.807) is 11.9 Å². The standard InChI is InChI=1S/C17H20N2S/c1-3-13(2)14-6-8-15(9-7-14)16-5-4-10-19-11-12-20-18-17(16)19/h4-10,13H,3,11-12H2,1-2H3. The third-order valence-electron chi connectivity index (χ3n) is 4.02. The van der Waals surface area contributed by atoms with Crippen LogP contribution in [0.3, 0.4) is 0 Å². The van der Waals surface area contributed by atoms with Crippen molar-refractivity contribution in [3.8, 4) is 0 Å². The number of benzene rings is 1. The molecule has 0 N–H and O–H groups in total. The molecule has 1 atom stereocenters. The fourth-order valence-corrected chi connectivity index (χ4v) is 3.22. The van der Waals surface area contributed by atoms with Gasteiger partial charge < -0.3 is 4.90 Å². The van der Waals surface area contributed by atoms with Crippen LogP contribution in [0, 0.1) is 0 Å². The number of nitrogens with zero attached hydrogens (tertiary/aromatic N) is 2. The highest BCUT2D eigenvalue weighted by Gasteiger charge is 2.21. The summed E-state index contributed by atoms with van der Waals surface area (Å²) >= 11 is 1.66. The minimum absolute atomic E-state index is 0.628. The molecule has 1 unspecified atom stereocenters. The normalized spacial score (nSPS) is 19.2. The molecule has 0 amide bonds. The van der Waals surface area contributed by atoms with Crippen LogP contribution < -0.4 is 0 Å². The second-order valence-corrected chi connectivity index (χ2v) is 6.14. The molecule has 1 aromatic carbocycles. The van der Waals surface area contributed by atoms with Gasteiger partial charge in [0.1, 0.15) is 5.84 Å². The van der Waals surface area contributed by atoms with E-state index in [2.05, 4.69) is 65.8 Å². The van der Waals surface area contributed by atoms with Crippen LogP contribution in [0.5, 0.6) is 0 Å². The maximum atomic E-state index is 4.62. The Balaban J connectivity index is 1.90. The van der Waals surface area contributed by atoms with Crippen molar-refractivity contribution >= 4 is 23.4 Å². The van der Waals surface area contributed by atoms with Gasteiger partial charge in [-0.15, -0.1) is 0 Å². The molecule has 20 heavy (non-hydrogen) atoms. The second kappa shape index (κ2) is 5.88. The van der Waals surface area contributed by atoms with E-state index in [1.165, 1.54) is 23.1 Å². The van der Waals surface area contributed by atoms with Gasteiger partial charge in [0, 0.05) is 24.1 Å². The molecule has 0 saturated heterocycles. The van der Waals surface area contributed by atoms with Crippen molar-refractivity contribution in [2.75, 3.05) is 12.3 Å². The van der Waals surface area contributed by atoms with Crippen molar-refractivity contribution in [2.45, 2.75) is 26.2 Å². The van der Waals surface area contributed by atoms with Crippen molar-refractivity contribution in [3.63, 3.8) is 0 Å². The van der Waals surface area contributed by atoms with Crippen molar-refractivity contribution in [2.24, 2.45) is 4.40 Å². The number of hydrogen-bond donors (Lipinski definition) is 0. The van der Waals surface area contributed by atoms with Crippen LogP contribution in [0.15, 0.2) is 47.0 Å². The van der Waals surface area contributed by atoms with Gasteiger partial charge in [0.05, 0.1) is 0 Å². The van der Waals surface area contributed by atoms with E-state index < -0.39 is 0 Å². The van der Waals surface area contributed by atoms with Crippen LogP contribution in [0.2, 0.25) is 0 Å². The molecule has 2 heterocycles. The van der Waals surface area contributed by atoms with Gasteiger partial charge in [-0.25, -0.2) is 0 Å². The zero-order valence-corrected chi connectivity index (χ0v) is 12.9. The molecule has 0 aromatic heterocycles. The van der Waals surface area contributed by atoms with Gasteiger partial charge in [-0.3, -0.25) is 0 Å². The van der Waals surface area contributed by atoms with Gasteiger partial charge in [0.15, 0.2) is 0 Å². The van der Waals surface area contributed by atoms with Crippen molar-refractivity contribution in [1.82, 2.24) is 4.90 Å². The van der Waals surface area contributed by atoms with E-state index in [4.69, 9.17) is 0 Å². The Morgan fingerprint density at radius 2 is 2.10 bits per heavy atom. The summed E-state index contributed by atoms with van der Waals surface area (Å²) in [6, 6.07) is 8.96. The molecule has 1 aromatic rings. The Morgan fingerprint density at radius 3 is 2.85 bits per heavy atom. The molecular formula is C17H20N2S. The van der Waals surface area contributed by atoms with Gasteiger partial charge in [-0.1, -0.05) is 38.1 Å². The van der Waals surface area contributed by atoms with Crippen LogP contribution in [0.25, 0.3) is 5.57 Å². The molecule has 104 valence electrons. The van der Waals surface area contributed by atoms with Gasteiger partial charge in [0.25, 0.3) is 0 Å². The topological polar surface area (TPSA) is 15.6 Å². The lowest BCUT2D eigenvalue weighted by Gasteiger charge is -2.29. The summed E-state index contributed by atoms with van der Waals surface area (Å²) in [7, 11) is 0. The quantitative estimate of drug-likeness (QED) is 0.761. The van der Waals surface area contributed by atoms with Crippen LogP contribution >= 0.6 is 11.9 Å². The number of hydrogen-bond acceptors (Lipinski definition) is 3. The average molecular weight is 284 g/mol. The molecule has 2 aliphatic heterocycles. The van der Waals surface area contributed by atoms with Gasteiger partial charge in [-0.2, -0.15) is 4.40 Å².